The van der Waals surface area contributed by atoms with Crippen LogP contribution in [0.2, 0.25) is 0 Å². The molecule has 0 saturated heterocycles. The summed E-state index contributed by atoms with van der Waals surface area (Å²) in [4.78, 5) is 4.40. The van der Waals surface area contributed by atoms with Crippen molar-refractivity contribution in [2.75, 3.05) is 5.32 Å². The first-order valence-corrected chi connectivity index (χ1v) is 7.91. The molecule has 4 heteroatoms. The molecule has 0 radical (unpaired) electrons. The van der Waals surface area contributed by atoms with E-state index in [2.05, 4.69) is 29.0 Å². The topological polar surface area (TPSA) is 42.7 Å². The lowest BCUT2D eigenvalue weighted by atomic mass is 10.2. The molecule has 0 atom stereocenters. The summed E-state index contributed by atoms with van der Waals surface area (Å²) >= 11 is 0. The Kier molecular flexibility index (Phi) is 4.87. The summed E-state index contributed by atoms with van der Waals surface area (Å²) in [6, 6.07) is 16.0. The number of hydrogen-bond acceptors (Lipinski definition) is 3. The second-order valence-corrected chi connectivity index (χ2v) is 5.29. The third-order valence-electron chi connectivity index (χ3n) is 3.66. The molecule has 1 aromatic carbocycles. The fourth-order valence-corrected chi connectivity index (χ4v) is 2.53. The van der Waals surface area contributed by atoms with Crippen molar-refractivity contribution in [1.29, 1.82) is 0 Å². The Bertz CT molecular complexity index is 833. The molecule has 0 aliphatic heterocycles. The van der Waals surface area contributed by atoms with E-state index in [1.165, 1.54) is 5.56 Å². The first kappa shape index (κ1) is 15.7. The average Bonchev–Trinajstić information content (AvgIpc) is 2.99. The number of rotatable bonds is 6. The van der Waals surface area contributed by atoms with Crippen LogP contribution in [-0.4, -0.2) is 14.8 Å². The maximum absolute atomic E-state index is 4.71. The molecule has 0 unspecified atom stereocenters. The molecule has 4 nitrogen and oxygen atoms in total. The first-order valence-electron chi connectivity index (χ1n) is 7.91. The van der Waals surface area contributed by atoms with Gasteiger partial charge in [-0.15, -0.1) is 5.10 Å². The molecule has 2 aromatic heterocycles. The number of hydrogen-bond donors (Lipinski definition) is 1. The van der Waals surface area contributed by atoms with Crippen LogP contribution in [0.15, 0.2) is 67.4 Å². The molecule has 0 amide bonds. The zero-order valence-corrected chi connectivity index (χ0v) is 13.7. The van der Waals surface area contributed by atoms with Crippen molar-refractivity contribution in [1.82, 2.24) is 14.8 Å². The average molecular weight is 316 g/mol. The second-order valence-electron chi connectivity index (χ2n) is 5.29. The van der Waals surface area contributed by atoms with E-state index in [9.17, 15) is 0 Å². The Morgan fingerprint density at radius 1 is 1.12 bits per heavy atom. The minimum Gasteiger partial charge on any atom is -0.364 e. The third-order valence-corrected chi connectivity index (χ3v) is 3.66. The predicted octanol–water partition coefficient (Wildman–Crippen LogP) is 4.56. The van der Waals surface area contributed by atoms with E-state index in [4.69, 9.17) is 5.10 Å². The number of aromatic nitrogens is 3. The van der Waals surface area contributed by atoms with Crippen LogP contribution < -0.4 is 5.32 Å². The molecule has 2 heterocycles. The standard InChI is InChI=1S/C20H20N4/c1-3-10-18-17(4-2)20(22-15-16-11-6-5-7-12-16)23-24(18)19-13-8-9-14-21-19/h3-14H,2,15H2,1H3,(H,22,23)/b10-3-. The van der Waals surface area contributed by atoms with Crippen LogP contribution in [-0.2, 0) is 6.54 Å². The van der Waals surface area contributed by atoms with Crippen molar-refractivity contribution in [3.05, 3.63) is 84.2 Å². The summed E-state index contributed by atoms with van der Waals surface area (Å²) in [5.74, 6) is 1.58. The molecule has 0 aliphatic carbocycles. The van der Waals surface area contributed by atoms with Crippen LogP contribution >= 0.6 is 0 Å². The lowest BCUT2D eigenvalue weighted by Crippen LogP contribution is -2.03. The van der Waals surface area contributed by atoms with E-state index >= 15 is 0 Å². The largest absolute Gasteiger partial charge is 0.364 e. The zero-order valence-electron chi connectivity index (χ0n) is 13.7. The molecule has 0 aliphatic rings. The second kappa shape index (κ2) is 7.42. The van der Waals surface area contributed by atoms with Crippen LogP contribution in [0.4, 0.5) is 5.82 Å². The number of nitrogens with one attached hydrogen (secondary N) is 1. The van der Waals surface area contributed by atoms with Gasteiger partial charge in [0, 0.05) is 18.3 Å². The van der Waals surface area contributed by atoms with Gasteiger partial charge < -0.3 is 5.32 Å². The quantitative estimate of drug-likeness (QED) is 0.725. The SMILES string of the molecule is C=Cc1c(NCc2ccccc2)nn(-c2ccccn2)c1/C=C\C. The van der Waals surface area contributed by atoms with Crippen molar-refractivity contribution >= 4 is 18.0 Å². The first-order chi connectivity index (χ1) is 11.8. The van der Waals surface area contributed by atoms with Gasteiger partial charge in [0.1, 0.15) is 0 Å². The summed E-state index contributed by atoms with van der Waals surface area (Å²) in [7, 11) is 0. The Balaban J connectivity index is 1.98. The molecule has 0 bridgehead atoms. The molecule has 3 rings (SSSR count). The summed E-state index contributed by atoms with van der Waals surface area (Å²) in [5, 5.41) is 8.11. The van der Waals surface area contributed by atoms with Crippen molar-refractivity contribution in [3.63, 3.8) is 0 Å². The van der Waals surface area contributed by atoms with Gasteiger partial charge in [0.15, 0.2) is 11.6 Å². The molecule has 1 N–H and O–H groups in total. The van der Waals surface area contributed by atoms with Gasteiger partial charge in [-0.1, -0.05) is 55.1 Å². The zero-order chi connectivity index (χ0) is 16.8. The van der Waals surface area contributed by atoms with Gasteiger partial charge in [-0.05, 0) is 30.7 Å². The maximum atomic E-state index is 4.71. The number of anilines is 1. The van der Waals surface area contributed by atoms with Gasteiger partial charge in [0.05, 0.1) is 5.69 Å². The highest BCUT2D eigenvalue weighted by atomic mass is 15.3. The van der Waals surface area contributed by atoms with E-state index in [1.54, 1.807) is 6.20 Å². The third kappa shape index (κ3) is 3.27. The van der Waals surface area contributed by atoms with Gasteiger partial charge in [-0.25, -0.2) is 9.67 Å². The highest BCUT2D eigenvalue weighted by Gasteiger charge is 2.15. The van der Waals surface area contributed by atoms with E-state index in [0.717, 1.165) is 22.9 Å². The normalized spacial score (nSPS) is 10.9. The van der Waals surface area contributed by atoms with Gasteiger partial charge >= 0.3 is 0 Å². The van der Waals surface area contributed by atoms with E-state index in [0.29, 0.717) is 6.54 Å². The molecule has 0 saturated carbocycles. The number of pyridine rings is 1. The van der Waals surface area contributed by atoms with Gasteiger partial charge in [0.25, 0.3) is 0 Å². The fourth-order valence-electron chi connectivity index (χ4n) is 2.53. The van der Waals surface area contributed by atoms with Gasteiger partial charge in [-0.2, -0.15) is 0 Å². The summed E-state index contributed by atoms with van der Waals surface area (Å²) in [5.41, 5.74) is 3.13. The van der Waals surface area contributed by atoms with Crippen molar-refractivity contribution < 1.29 is 0 Å². The van der Waals surface area contributed by atoms with E-state index in [-0.39, 0.29) is 0 Å². The summed E-state index contributed by atoms with van der Waals surface area (Å²) < 4.78 is 1.84. The van der Waals surface area contributed by atoms with Gasteiger partial charge in [0.2, 0.25) is 0 Å². The van der Waals surface area contributed by atoms with E-state index < -0.39 is 0 Å². The monoisotopic (exact) mass is 316 g/mol. The Morgan fingerprint density at radius 2 is 1.92 bits per heavy atom. The maximum Gasteiger partial charge on any atom is 0.156 e. The minimum atomic E-state index is 0.705. The van der Waals surface area contributed by atoms with Crippen LogP contribution in [0, 0.1) is 0 Å². The number of allylic oxidation sites excluding steroid dienone is 1. The lowest BCUT2D eigenvalue weighted by molar-refractivity contribution is 0.837. The Labute approximate surface area is 142 Å². The Morgan fingerprint density at radius 3 is 2.58 bits per heavy atom. The van der Waals surface area contributed by atoms with Crippen molar-refractivity contribution in [2.45, 2.75) is 13.5 Å². The van der Waals surface area contributed by atoms with Crippen LogP contribution in [0.5, 0.6) is 0 Å². The fraction of sp³-hybridized carbons (Fsp3) is 0.100. The van der Waals surface area contributed by atoms with E-state index in [1.807, 2.05) is 66.2 Å². The van der Waals surface area contributed by atoms with Gasteiger partial charge in [-0.3, -0.25) is 0 Å². The van der Waals surface area contributed by atoms with Crippen molar-refractivity contribution in [2.24, 2.45) is 0 Å². The number of nitrogens with zero attached hydrogens (tertiary/aromatic N) is 3. The van der Waals surface area contributed by atoms with Crippen molar-refractivity contribution in [3.8, 4) is 5.82 Å². The summed E-state index contributed by atoms with van der Waals surface area (Å²) in [6.07, 6.45) is 7.60. The number of benzene rings is 1. The minimum absolute atomic E-state index is 0.705. The smallest absolute Gasteiger partial charge is 0.156 e. The molecule has 24 heavy (non-hydrogen) atoms. The molecule has 3 aromatic rings. The van der Waals surface area contributed by atoms with Crippen LogP contribution in [0.25, 0.3) is 18.0 Å². The van der Waals surface area contributed by atoms with Crippen LogP contribution in [0.3, 0.4) is 0 Å². The molecule has 0 spiro atoms. The highest BCUT2D eigenvalue weighted by Crippen LogP contribution is 2.25. The Hall–Kier alpha value is -3.14. The molecule has 0 fully saturated rings. The predicted molar refractivity (Wildman–Crippen MR) is 99.9 cm³/mol. The van der Waals surface area contributed by atoms with Crippen LogP contribution in [0.1, 0.15) is 23.7 Å². The molecule has 120 valence electrons. The molecular formula is C20H20N4. The molecular weight excluding hydrogens is 296 g/mol. The lowest BCUT2D eigenvalue weighted by Gasteiger charge is -2.04. The summed E-state index contributed by atoms with van der Waals surface area (Å²) in [6.45, 7) is 6.64. The highest BCUT2D eigenvalue weighted by molar-refractivity contribution is 5.72.